The maximum absolute atomic E-state index is 12.5. The summed E-state index contributed by atoms with van der Waals surface area (Å²) in [5, 5.41) is 0.803. The second-order valence-corrected chi connectivity index (χ2v) is 7.10. The quantitative estimate of drug-likeness (QED) is 0.798. The average Bonchev–Trinajstić information content (AvgIpc) is 2.80. The van der Waals surface area contributed by atoms with Crippen LogP contribution in [-0.2, 0) is 16.4 Å². The van der Waals surface area contributed by atoms with Crippen LogP contribution in [0.25, 0.3) is 10.9 Å². The van der Waals surface area contributed by atoms with E-state index in [-0.39, 0.29) is 5.75 Å². The minimum atomic E-state index is -3.22. The Labute approximate surface area is 120 Å². The standard InChI is InChI=1S/C15H22N2O2S/c1-2-3-6-11-20(18,19)15-12-17(10-9-16)14-8-5-4-7-13(14)15/h4-5,7-8,12H,2-3,6,9-11,16H2,1H3. The predicted octanol–water partition coefficient (Wildman–Crippen LogP) is 2.56. The molecule has 110 valence electrons. The van der Waals surface area contributed by atoms with Gasteiger partial charge in [0.05, 0.1) is 10.6 Å². The van der Waals surface area contributed by atoms with Gasteiger partial charge < -0.3 is 10.3 Å². The molecule has 0 aliphatic carbocycles. The van der Waals surface area contributed by atoms with Gasteiger partial charge in [-0.2, -0.15) is 0 Å². The van der Waals surface area contributed by atoms with Crippen molar-refractivity contribution >= 4 is 20.7 Å². The monoisotopic (exact) mass is 294 g/mol. The van der Waals surface area contributed by atoms with Gasteiger partial charge in [-0.25, -0.2) is 8.42 Å². The molecule has 0 saturated carbocycles. The predicted molar refractivity (Wildman–Crippen MR) is 82.6 cm³/mol. The number of hydrogen-bond donors (Lipinski definition) is 1. The molecular formula is C15H22N2O2S. The van der Waals surface area contributed by atoms with Gasteiger partial charge in [0.2, 0.25) is 0 Å². The second kappa shape index (κ2) is 6.41. The number of sulfone groups is 1. The zero-order valence-electron chi connectivity index (χ0n) is 11.9. The number of nitrogens with zero attached hydrogens (tertiary/aromatic N) is 1. The molecule has 0 aliphatic heterocycles. The summed E-state index contributed by atoms with van der Waals surface area (Å²) in [6.07, 6.45) is 4.42. The molecule has 20 heavy (non-hydrogen) atoms. The molecule has 0 bridgehead atoms. The lowest BCUT2D eigenvalue weighted by molar-refractivity contribution is 0.591. The summed E-state index contributed by atoms with van der Waals surface area (Å²) < 4.78 is 26.9. The van der Waals surface area contributed by atoms with E-state index in [1.807, 2.05) is 28.8 Å². The fraction of sp³-hybridized carbons (Fsp3) is 0.467. The van der Waals surface area contributed by atoms with Crippen LogP contribution in [0.2, 0.25) is 0 Å². The van der Waals surface area contributed by atoms with Crippen molar-refractivity contribution in [1.82, 2.24) is 4.57 Å². The third-order valence-corrected chi connectivity index (χ3v) is 5.30. The summed E-state index contributed by atoms with van der Waals surface area (Å²) in [5.41, 5.74) is 6.53. The molecule has 0 spiro atoms. The number of benzene rings is 1. The number of unbranched alkanes of at least 4 members (excludes halogenated alkanes) is 2. The maximum Gasteiger partial charge on any atom is 0.180 e. The van der Waals surface area contributed by atoms with E-state index in [1.54, 1.807) is 6.20 Å². The Hall–Kier alpha value is -1.33. The van der Waals surface area contributed by atoms with Crippen LogP contribution in [0.3, 0.4) is 0 Å². The van der Waals surface area contributed by atoms with Gasteiger partial charge in [0.1, 0.15) is 0 Å². The summed E-state index contributed by atoms with van der Waals surface area (Å²) in [4.78, 5) is 0.442. The van der Waals surface area contributed by atoms with Crippen molar-refractivity contribution in [2.75, 3.05) is 12.3 Å². The van der Waals surface area contributed by atoms with E-state index >= 15 is 0 Å². The highest BCUT2D eigenvalue weighted by atomic mass is 32.2. The molecule has 1 heterocycles. The smallest absolute Gasteiger partial charge is 0.180 e. The number of fused-ring (bicyclic) bond motifs is 1. The molecule has 5 heteroatoms. The second-order valence-electron chi connectivity index (χ2n) is 5.02. The van der Waals surface area contributed by atoms with Crippen LogP contribution in [-0.4, -0.2) is 25.3 Å². The number of para-hydroxylation sites is 1. The molecule has 0 unspecified atom stereocenters. The van der Waals surface area contributed by atoms with Gasteiger partial charge in [0, 0.05) is 30.2 Å². The molecule has 0 aliphatic rings. The summed E-state index contributed by atoms with van der Waals surface area (Å²) in [7, 11) is -3.22. The van der Waals surface area contributed by atoms with Gasteiger partial charge >= 0.3 is 0 Å². The highest BCUT2D eigenvalue weighted by Crippen LogP contribution is 2.26. The van der Waals surface area contributed by atoms with Crippen LogP contribution in [0, 0.1) is 0 Å². The first-order valence-electron chi connectivity index (χ1n) is 7.11. The molecule has 0 radical (unpaired) electrons. The summed E-state index contributed by atoms with van der Waals surface area (Å²) in [6.45, 7) is 3.19. The van der Waals surface area contributed by atoms with E-state index < -0.39 is 9.84 Å². The first kappa shape index (κ1) is 15.1. The molecule has 2 N–H and O–H groups in total. The zero-order chi connectivity index (χ0) is 14.6. The van der Waals surface area contributed by atoms with E-state index in [1.165, 1.54) is 0 Å². The van der Waals surface area contributed by atoms with Gasteiger partial charge in [-0.3, -0.25) is 0 Å². The van der Waals surface area contributed by atoms with Crippen LogP contribution in [0.4, 0.5) is 0 Å². The van der Waals surface area contributed by atoms with E-state index in [0.717, 1.165) is 30.2 Å². The molecule has 0 atom stereocenters. The minimum absolute atomic E-state index is 0.220. The Morgan fingerprint density at radius 2 is 1.95 bits per heavy atom. The number of nitrogens with two attached hydrogens (primary N) is 1. The summed E-state index contributed by atoms with van der Waals surface area (Å²) in [6, 6.07) is 7.61. The number of hydrogen-bond acceptors (Lipinski definition) is 3. The minimum Gasteiger partial charge on any atom is -0.345 e. The lowest BCUT2D eigenvalue weighted by atomic mass is 10.2. The van der Waals surface area contributed by atoms with Crippen molar-refractivity contribution in [2.45, 2.75) is 37.6 Å². The summed E-state index contributed by atoms with van der Waals surface area (Å²) >= 11 is 0. The van der Waals surface area contributed by atoms with Crippen LogP contribution < -0.4 is 5.73 Å². The highest BCUT2D eigenvalue weighted by Gasteiger charge is 2.20. The Bertz CT molecular complexity index is 674. The topological polar surface area (TPSA) is 65.1 Å². The van der Waals surface area contributed by atoms with Crippen molar-refractivity contribution in [1.29, 1.82) is 0 Å². The van der Waals surface area contributed by atoms with Gasteiger partial charge in [-0.1, -0.05) is 38.0 Å². The maximum atomic E-state index is 12.5. The fourth-order valence-electron chi connectivity index (χ4n) is 2.44. The summed E-state index contributed by atoms with van der Waals surface area (Å²) in [5.74, 6) is 0.220. The van der Waals surface area contributed by atoms with E-state index in [2.05, 4.69) is 6.92 Å². The first-order chi connectivity index (χ1) is 9.60. The van der Waals surface area contributed by atoms with E-state index in [0.29, 0.717) is 18.0 Å². The van der Waals surface area contributed by atoms with Crippen LogP contribution in [0.1, 0.15) is 26.2 Å². The van der Waals surface area contributed by atoms with Crippen LogP contribution in [0.5, 0.6) is 0 Å². The molecule has 0 fully saturated rings. The van der Waals surface area contributed by atoms with E-state index in [9.17, 15) is 8.42 Å². The fourth-order valence-corrected chi connectivity index (χ4v) is 4.04. The van der Waals surface area contributed by atoms with Gasteiger partial charge in [-0.15, -0.1) is 0 Å². The normalized spacial score (nSPS) is 12.1. The Balaban J connectivity index is 2.43. The molecule has 4 nitrogen and oxygen atoms in total. The number of aromatic nitrogens is 1. The van der Waals surface area contributed by atoms with E-state index in [4.69, 9.17) is 5.73 Å². The Morgan fingerprint density at radius 1 is 1.20 bits per heavy atom. The van der Waals surface area contributed by atoms with Crippen LogP contribution in [0.15, 0.2) is 35.4 Å². The average molecular weight is 294 g/mol. The van der Waals surface area contributed by atoms with Gasteiger partial charge in [-0.05, 0) is 12.5 Å². The number of rotatable bonds is 7. The Kier molecular flexibility index (Phi) is 4.83. The largest absolute Gasteiger partial charge is 0.345 e. The third-order valence-electron chi connectivity index (χ3n) is 3.47. The molecule has 1 aromatic heterocycles. The van der Waals surface area contributed by atoms with Crippen LogP contribution >= 0.6 is 0 Å². The van der Waals surface area contributed by atoms with Gasteiger partial charge in [0.15, 0.2) is 9.84 Å². The highest BCUT2D eigenvalue weighted by molar-refractivity contribution is 7.91. The lowest BCUT2D eigenvalue weighted by Crippen LogP contribution is -2.09. The van der Waals surface area contributed by atoms with Crippen molar-refractivity contribution in [3.8, 4) is 0 Å². The SMILES string of the molecule is CCCCCS(=O)(=O)c1cn(CCN)c2ccccc12. The molecule has 0 saturated heterocycles. The molecule has 2 aromatic rings. The molecule has 0 amide bonds. The lowest BCUT2D eigenvalue weighted by Gasteiger charge is -2.02. The van der Waals surface area contributed by atoms with Crippen molar-refractivity contribution in [2.24, 2.45) is 5.73 Å². The van der Waals surface area contributed by atoms with Gasteiger partial charge in [0.25, 0.3) is 0 Å². The first-order valence-corrected chi connectivity index (χ1v) is 8.76. The zero-order valence-corrected chi connectivity index (χ0v) is 12.7. The van der Waals surface area contributed by atoms with Crippen molar-refractivity contribution < 1.29 is 8.42 Å². The third kappa shape index (κ3) is 3.04. The Morgan fingerprint density at radius 3 is 2.65 bits per heavy atom. The van der Waals surface area contributed by atoms with Crippen molar-refractivity contribution in [3.63, 3.8) is 0 Å². The van der Waals surface area contributed by atoms with Crippen molar-refractivity contribution in [3.05, 3.63) is 30.5 Å². The molecule has 1 aromatic carbocycles. The molecule has 2 rings (SSSR count). The molecular weight excluding hydrogens is 272 g/mol.